The molecule has 0 amide bonds. The van der Waals surface area contributed by atoms with Crippen molar-refractivity contribution in [1.29, 1.82) is 0 Å². The Bertz CT molecular complexity index is 348. The molecule has 0 radical (unpaired) electrons. The highest BCUT2D eigenvalue weighted by Gasteiger charge is 2.09. The third-order valence-corrected chi connectivity index (χ3v) is 2.72. The fourth-order valence-corrected chi connectivity index (χ4v) is 1.63. The minimum absolute atomic E-state index is 0.0360. The highest BCUT2D eigenvalue weighted by molar-refractivity contribution is 5.24. The molecule has 0 aromatic heterocycles. The molecule has 86 valence electrons. The Labute approximate surface area is 98.4 Å². The second-order valence-electron chi connectivity index (χ2n) is 4.05. The number of nitrogens with two attached hydrogens (primary N) is 1. The summed E-state index contributed by atoms with van der Waals surface area (Å²) in [6, 6.07) is 8.39. The lowest BCUT2D eigenvalue weighted by atomic mass is 10.1. The highest BCUT2D eigenvalue weighted by atomic mass is 15.1. The Kier molecular flexibility index (Phi) is 5.04. The molecule has 1 unspecified atom stereocenters. The zero-order valence-corrected chi connectivity index (χ0v) is 10.1. The van der Waals surface area contributed by atoms with Crippen molar-refractivity contribution in [2.24, 2.45) is 5.73 Å². The fourth-order valence-electron chi connectivity index (χ4n) is 1.63. The standard InChI is InChI=1S/C14H20N2/c1-4-10-16(5-2)11-14(15)13-8-6-12(3)7-9-13/h1,6-9,14H,5,10-11,15H2,2-3H3. The zero-order valence-electron chi connectivity index (χ0n) is 10.1. The molecule has 0 aliphatic rings. The molecule has 0 aliphatic carbocycles. The van der Waals surface area contributed by atoms with Crippen LogP contribution in [0.1, 0.15) is 24.1 Å². The molecule has 2 nitrogen and oxygen atoms in total. The summed E-state index contributed by atoms with van der Waals surface area (Å²) in [7, 11) is 0. The van der Waals surface area contributed by atoms with Gasteiger partial charge >= 0.3 is 0 Å². The molecule has 0 saturated heterocycles. The van der Waals surface area contributed by atoms with E-state index in [4.69, 9.17) is 12.2 Å². The minimum Gasteiger partial charge on any atom is -0.323 e. The van der Waals surface area contributed by atoms with Crippen molar-refractivity contribution in [2.45, 2.75) is 19.9 Å². The zero-order chi connectivity index (χ0) is 12.0. The second-order valence-corrected chi connectivity index (χ2v) is 4.05. The maximum atomic E-state index is 6.14. The molecule has 0 spiro atoms. The predicted octanol–water partition coefficient (Wildman–Crippen LogP) is 1.95. The van der Waals surface area contributed by atoms with Gasteiger partial charge in [-0.15, -0.1) is 6.42 Å². The lowest BCUT2D eigenvalue weighted by molar-refractivity contribution is 0.303. The van der Waals surface area contributed by atoms with Crippen LogP contribution in [-0.4, -0.2) is 24.5 Å². The van der Waals surface area contributed by atoms with E-state index in [0.717, 1.165) is 13.1 Å². The summed E-state index contributed by atoms with van der Waals surface area (Å²) in [5, 5.41) is 0. The van der Waals surface area contributed by atoms with Gasteiger partial charge in [0.2, 0.25) is 0 Å². The molecular weight excluding hydrogens is 196 g/mol. The number of benzene rings is 1. The van der Waals surface area contributed by atoms with Crippen LogP contribution in [0.15, 0.2) is 24.3 Å². The van der Waals surface area contributed by atoms with Gasteiger partial charge in [0.25, 0.3) is 0 Å². The number of terminal acetylenes is 1. The van der Waals surface area contributed by atoms with Gasteiger partial charge in [-0.3, -0.25) is 4.90 Å². The first-order chi connectivity index (χ1) is 7.67. The fraction of sp³-hybridized carbons (Fsp3) is 0.429. The lowest BCUT2D eigenvalue weighted by Crippen LogP contribution is -2.32. The van der Waals surface area contributed by atoms with Crippen molar-refractivity contribution >= 4 is 0 Å². The highest BCUT2D eigenvalue weighted by Crippen LogP contribution is 2.12. The van der Waals surface area contributed by atoms with E-state index in [1.807, 2.05) is 0 Å². The smallest absolute Gasteiger partial charge is 0.0599 e. The van der Waals surface area contributed by atoms with Crippen LogP contribution >= 0.6 is 0 Å². The molecule has 0 saturated carbocycles. The summed E-state index contributed by atoms with van der Waals surface area (Å²) >= 11 is 0. The van der Waals surface area contributed by atoms with E-state index in [2.05, 4.69) is 48.9 Å². The average molecular weight is 216 g/mol. The molecule has 0 heterocycles. The number of hydrogen-bond donors (Lipinski definition) is 1. The first kappa shape index (κ1) is 12.8. The normalized spacial score (nSPS) is 12.4. The van der Waals surface area contributed by atoms with Gasteiger partial charge in [0.05, 0.1) is 6.54 Å². The number of likely N-dealkylation sites (N-methyl/N-ethyl adjacent to an activating group) is 1. The molecule has 2 heteroatoms. The van der Waals surface area contributed by atoms with E-state index >= 15 is 0 Å². The van der Waals surface area contributed by atoms with E-state index in [1.54, 1.807) is 0 Å². The van der Waals surface area contributed by atoms with Crippen LogP contribution in [0.3, 0.4) is 0 Å². The molecule has 0 aliphatic heterocycles. The van der Waals surface area contributed by atoms with Crippen molar-refractivity contribution in [3.63, 3.8) is 0 Å². The summed E-state index contributed by atoms with van der Waals surface area (Å²) in [6.07, 6.45) is 5.31. The Morgan fingerprint density at radius 1 is 1.38 bits per heavy atom. The largest absolute Gasteiger partial charge is 0.323 e. The summed E-state index contributed by atoms with van der Waals surface area (Å²) in [6.45, 7) is 6.58. The third kappa shape index (κ3) is 3.69. The van der Waals surface area contributed by atoms with Crippen molar-refractivity contribution in [1.82, 2.24) is 4.90 Å². The van der Waals surface area contributed by atoms with Crippen LogP contribution in [0.4, 0.5) is 0 Å². The maximum absolute atomic E-state index is 6.14. The van der Waals surface area contributed by atoms with Crippen LogP contribution in [0, 0.1) is 19.3 Å². The molecule has 2 N–H and O–H groups in total. The SMILES string of the molecule is C#CCN(CC)CC(N)c1ccc(C)cc1. The molecule has 0 fully saturated rings. The first-order valence-corrected chi connectivity index (χ1v) is 5.65. The number of nitrogens with zero attached hydrogens (tertiary/aromatic N) is 1. The molecule has 1 atom stereocenters. The Morgan fingerprint density at radius 2 is 2.00 bits per heavy atom. The van der Waals surface area contributed by atoms with Gasteiger partial charge in [-0.2, -0.15) is 0 Å². The second kappa shape index (κ2) is 6.32. The molecule has 16 heavy (non-hydrogen) atoms. The van der Waals surface area contributed by atoms with Crippen LogP contribution in [0.25, 0.3) is 0 Å². The molecule has 1 aromatic carbocycles. The number of aryl methyl sites for hydroxylation is 1. The van der Waals surface area contributed by atoms with E-state index in [0.29, 0.717) is 6.54 Å². The quantitative estimate of drug-likeness (QED) is 0.762. The Hall–Kier alpha value is -1.30. The van der Waals surface area contributed by atoms with Gasteiger partial charge in [0.15, 0.2) is 0 Å². The Morgan fingerprint density at radius 3 is 2.50 bits per heavy atom. The average Bonchev–Trinajstić information content (AvgIpc) is 2.29. The number of hydrogen-bond acceptors (Lipinski definition) is 2. The van der Waals surface area contributed by atoms with Gasteiger partial charge in [0, 0.05) is 12.6 Å². The maximum Gasteiger partial charge on any atom is 0.0599 e. The van der Waals surface area contributed by atoms with Gasteiger partial charge in [-0.25, -0.2) is 0 Å². The van der Waals surface area contributed by atoms with Gasteiger partial charge in [-0.1, -0.05) is 42.7 Å². The van der Waals surface area contributed by atoms with Crippen molar-refractivity contribution in [3.8, 4) is 12.3 Å². The molecular formula is C14H20N2. The van der Waals surface area contributed by atoms with Crippen LogP contribution in [0.2, 0.25) is 0 Å². The summed E-state index contributed by atoms with van der Waals surface area (Å²) in [5.41, 5.74) is 8.57. The summed E-state index contributed by atoms with van der Waals surface area (Å²) in [5.74, 6) is 2.66. The molecule has 1 aromatic rings. The topological polar surface area (TPSA) is 29.3 Å². The van der Waals surface area contributed by atoms with E-state index in [-0.39, 0.29) is 6.04 Å². The van der Waals surface area contributed by atoms with E-state index in [1.165, 1.54) is 11.1 Å². The Balaban J connectivity index is 2.60. The number of rotatable bonds is 5. The van der Waals surface area contributed by atoms with Gasteiger partial charge in [0.1, 0.15) is 0 Å². The molecule has 0 bridgehead atoms. The van der Waals surface area contributed by atoms with Crippen molar-refractivity contribution in [3.05, 3.63) is 35.4 Å². The van der Waals surface area contributed by atoms with Crippen LogP contribution in [0.5, 0.6) is 0 Å². The van der Waals surface area contributed by atoms with Crippen LogP contribution < -0.4 is 5.73 Å². The molecule has 1 rings (SSSR count). The monoisotopic (exact) mass is 216 g/mol. The first-order valence-electron chi connectivity index (χ1n) is 5.65. The van der Waals surface area contributed by atoms with Gasteiger partial charge < -0.3 is 5.73 Å². The van der Waals surface area contributed by atoms with Gasteiger partial charge in [-0.05, 0) is 19.0 Å². The third-order valence-electron chi connectivity index (χ3n) is 2.72. The summed E-state index contributed by atoms with van der Waals surface area (Å²) in [4.78, 5) is 2.17. The van der Waals surface area contributed by atoms with E-state index in [9.17, 15) is 0 Å². The summed E-state index contributed by atoms with van der Waals surface area (Å²) < 4.78 is 0. The predicted molar refractivity (Wildman–Crippen MR) is 69.1 cm³/mol. The minimum atomic E-state index is 0.0360. The van der Waals surface area contributed by atoms with Crippen LogP contribution in [-0.2, 0) is 0 Å². The lowest BCUT2D eigenvalue weighted by Gasteiger charge is -2.22. The van der Waals surface area contributed by atoms with E-state index < -0.39 is 0 Å². The van der Waals surface area contributed by atoms with Crippen molar-refractivity contribution < 1.29 is 0 Å². The van der Waals surface area contributed by atoms with Crippen molar-refractivity contribution in [2.75, 3.05) is 19.6 Å².